The topological polar surface area (TPSA) is 125 Å². The fourth-order valence-electron chi connectivity index (χ4n) is 3.97. The van der Waals surface area contributed by atoms with Crippen LogP contribution >= 0.6 is 0 Å². The Kier molecular flexibility index (Phi) is 6.19. The third-order valence-electron chi connectivity index (χ3n) is 5.59. The Labute approximate surface area is 183 Å². The lowest BCUT2D eigenvalue weighted by Gasteiger charge is -2.33. The minimum absolute atomic E-state index is 0.127. The lowest BCUT2D eigenvalue weighted by molar-refractivity contribution is -0.119. The van der Waals surface area contributed by atoms with E-state index in [1.807, 2.05) is 4.90 Å². The molecule has 1 aromatic carbocycles. The molecule has 2 aliphatic heterocycles. The van der Waals surface area contributed by atoms with Crippen LogP contribution in [-0.4, -0.2) is 70.7 Å². The molecule has 2 aliphatic rings. The molecule has 2 aromatic rings. The number of oxime groups is 1. The molecule has 0 unspecified atom stereocenters. The van der Waals surface area contributed by atoms with E-state index in [9.17, 15) is 14.0 Å². The van der Waals surface area contributed by atoms with Gasteiger partial charge in [-0.2, -0.15) is 0 Å². The molecule has 0 aliphatic carbocycles. The number of hydrogen-bond acceptors (Lipinski definition) is 8. The quantitative estimate of drug-likeness (QED) is 0.392. The first-order chi connectivity index (χ1) is 15.4. The highest BCUT2D eigenvalue weighted by molar-refractivity contribution is 5.90. The molecule has 32 heavy (non-hydrogen) atoms. The van der Waals surface area contributed by atoms with Gasteiger partial charge in [0.1, 0.15) is 17.6 Å². The number of nitrogens with zero attached hydrogens (tertiary/aromatic N) is 6. The molecule has 2 fully saturated rings. The second-order valence-corrected chi connectivity index (χ2v) is 7.78. The van der Waals surface area contributed by atoms with Crippen LogP contribution in [0.2, 0.25) is 0 Å². The first kappa shape index (κ1) is 21.5. The van der Waals surface area contributed by atoms with Crippen LogP contribution in [-0.2, 0) is 9.53 Å². The Hall–Kier alpha value is -3.70. The van der Waals surface area contributed by atoms with Crippen LogP contribution in [0.4, 0.5) is 20.6 Å². The smallest absolute Gasteiger partial charge is 0.414 e. The van der Waals surface area contributed by atoms with E-state index >= 15 is 0 Å². The molecule has 3 heterocycles. The number of carbonyl (C=O) groups is 2. The summed E-state index contributed by atoms with van der Waals surface area (Å²) >= 11 is 0. The van der Waals surface area contributed by atoms with E-state index in [2.05, 4.69) is 20.8 Å². The van der Waals surface area contributed by atoms with Gasteiger partial charge >= 0.3 is 6.09 Å². The zero-order valence-corrected chi connectivity index (χ0v) is 17.5. The molecule has 170 valence electrons. The summed E-state index contributed by atoms with van der Waals surface area (Å²) in [6.07, 6.45) is 3.39. The predicted octanol–water partition coefficient (Wildman–Crippen LogP) is 1.53. The van der Waals surface area contributed by atoms with Gasteiger partial charge in [-0.05, 0) is 31.0 Å². The van der Waals surface area contributed by atoms with Crippen molar-refractivity contribution in [1.82, 2.24) is 20.3 Å². The Bertz CT molecular complexity index is 1020. The van der Waals surface area contributed by atoms with Crippen molar-refractivity contribution in [3.8, 4) is 0 Å². The van der Waals surface area contributed by atoms with Crippen molar-refractivity contribution >= 4 is 29.6 Å². The van der Waals surface area contributed by atoms with Gasteiger partial charge < -0.3 is 20.2 Å². The number of anilines is 2. The number of piperidine rings is 1. The molecule has 0 radical (unpaired) electrons. The monoisotopic (exact) mass is 445 g/mol. The normalized spacial score (nSPS) is 19.6. The van der Waals surface area contributed by atoms with Crippen LogP contribution < -0.4 is 15.1 Å². The maximum Gasteiger partial charge on any atom is 0.414 e. The third-order valence-corrected chi connectivity index (χ3v) is 5.59. The number of aromatic nitrogens is 3. The summed E-state index contributed by atoms with van der Waals surface area (Å²) in [5.41, 5.74) is 1.36. The summed E-state index contributed by atoms with van der Waals surface area (Å²) in [6, 6.07) is 4.83. The highest BCUT2D eigenvalue weighted by Crippen LogP contribution is 2.31. The van der Waals surface area contributed by atoms with E-state index in [0.717, 1.165) is 12.8 Å². The van der Waals surface area contributed by atoms with E-state index in [1.54, 1.807) is 23.0 Å². The molecule has 2 saturated heterocycles. The Morgan fingerprint density at radius 3 is 2.88 bits per heavy atom. The van der Waals surface area contributed by atoms with Crippen LogP contribution in [0.3, 0.4) is 0 Å². The van der Waals surface area contributed by atoms with Crippen molar-refractivity contribution in [3.63, 3.8) is 0 Å². The third kappa shape index (κ3) is 4.63. The number of nitrogens with one attached hydrogen (secondary N) is 1. The van der Waals surface area contributed by atoms with Gasteiger partial charge in [0.15, 0.2) is 0 Å². The summed E-state index contributed by atoms with van der Waals surface area (Å²) < 4.78 is 21.9. The highest BCUT2D eigenvalue weighted by atomic mass is 19.1. The first-order valence-electron chi connectivity index (χ1n) is 10.3. The molecule has 0 bridgehead atoms. The molecular formula is C20H24FN7O4. The molecule has 11 nitrogen and oxygen atoms in total. The summed E-state index contributed by atoms with van der Waals surface area (Å²) in [5.74, 6) is -0.622. The van der Waals surface area contributed by atoms with Gasteiger partial charge in [0, 0.05) is 20.0 Å². The molecular weight excluding hydrogens is 421 g/mol. The second-order valence-electron chi connectivity index (χ2n) is 7.78. The fourth-order valence-corrected chi connectivity index (χ4v) is 3.97. The molecule has 1 atom stereocenters. The molecule has 0 saturated carbocycles. The van der Waals surface area contributed by atoms with E-state index in [0.29, 0.717) is 30.2 Å². The Morgan fingerprint density at radius 2 is 2.19 bits per heavy atom. The van der Waals surface area contributed by atoms with Crippen molar-refractivity contribution in [1.29, 1.82) is 0 Å². The molecule has 0 spiro atoms. The number of halogens is 1. The maximum absolute atomic E-state index is 14.9. The summed E-state index contributed by atoms with van der Waals surface area (Å²) in [7, 11) is 0. The van der Waals surface area contributed by atoms with Gasteiger partial charge in [-0.1, -0.05) is 10.4 Å². The van der Waals surface area contributed by atoms with Gasteiger partial charge in [-0.15, -0.1) is 5.10 Å². The van der Waals surface area contributed by atoms with Crippen LogP contribution in [0.1, 0.15) is 31.5 Å². The van der Waals surface area contributed by atoms with E-state index < -0.39 is 18.0 Å². The van der Waals surface area contributed by atoms with Crippen molar-refractivity contribution in [2.75, 3.05) is 36.0 Å². The number of amides is 2. The zero-order valence-electron chi connectivity index (χ0n) is 17.5. The Balaban J connectivity index is 1.37. The maximum atomic E-state index is 14.9. The Morgan fingerprint density at radius 1 is 1.41 bits per heavy atom. The predicted molar refractivity (Wildman–Crippen MR) is 113 cm³/mol. The number of ether oxygens (including phenoxy) is 1. The second kappa shape index (κ2) is 9.20. The number of carbonyl (C=O) groups excluding carboxylic acids is 2. The van der Waals surface area contributed by atoms with Gasteiger partial charge in [0.05, 0.1) is 42.9 Å². The number of cyclic esters (lactones) is 1. The number of benzene rings is 1. The van der Waals surface area contributed by atoms with Gasteiger partial charge in [0.25, 0.3) is 0 Å². The largest absolute Gasteiger partial charge is 0.442 e. The minimum Gasteiger partial charge on any atom is -0.442 e. The van der Waals surface area contributed by atoms with Gasteiger partial charge in [-0.25, -0.2) is 13.9 Å². The zero-order chi connectivity index (χ0) is 22.7. The van der Waals surface area contributed by atoms with Crippen LogP contribution in [0, 0.1) is 5.82 Å². The van der Waals surface area contributed by atoms with Crippen LogP contribution in [0.15, 0.2) is 29.6 Å². The first-order valence-corrected chi connectivity index (χ1v) is 10.3. The SMILES string of the molecule is CC(=O)NC[C@H]1CN(c2ccc(N3CCC(n4cc(/C=N/O)nn4)CC3)c(F)c2)C(=O)O1. The number of hydrogen-bond donors (Lipinski definition) is 2. The molecule has 1 aromatic heterocycles. The standard InChI is InChI=1S/C20H24FN7O4/c1-13(29)22-10-17-12-27(20(30)32-17)16-2-3-19(18(21)8-16)26-6-4-15(5-7-26)28-11-14(9-23-31)24-25-28/h2-3,8-9,11,15,17,31H,4-7,10,12H2,1H3,(H,22,29)/b23-9+/t17-/m0/s1. The molecule has 12 heteroatoms. The summed E-state index contributed by atoms with van der Waals surface area (Å²) in [5, 5.41) is 22.1. The molecule has 2 amide bonds. The lowest BCUT2D eigenvalue weighted by atomic mass is 10.0. The van der Waals surface area contributed by atoms with Gasteiger partial charge in [-0.3, -0.25) is 9.69 Å². The lowest BCUT2D eigenvalue weighted by Crippen LogP contribution is -2.35. The van der Waals surface area contributed by atoms with E-state index in [4.69, 9.17) is 9.94 Å². The highest BCUT2D eigenvalue weighted by Gasteiger charge is 2.33. The van der Waals surface area contributed by atoms with Crippen molar-refractivity contribution in [3.05, 3.63) is 35.9 Å². The summed E-state index contributed by atoms with van der Waals surface area (Å²) in [4.78, 5) is 26.5. The van der Waals surface area contributed by atoms with E-state index in [-0.39, 0.29) is 25.0 Å². The van der Waals surface area contributed by atoms with Gasteiger partial charge in [0.2, 0.25) is 5.91 Å². The van der Waals surface area contributed by atoms with Crippen molar-refractivity contribution in [2.24, 2.45) is 5.16 Å². The average molecular weight is 445 g/mol. The molecule has 2 N–H and O–H groups in total. The van der Waals surface area contributed by atoms with Crippen LogP contribution in [0.5, 0.6) is 0 Å². The molecule has 4 rings (SSSR count). The minimum atomic E-state index is -0.563. The van der Waals surface area contributed by atoms with E-state index in [1.165, 1.54) is 24.1 Å². The van der Waals surface area contributed by atoms with Crippen molar-refractivity contribution in [2.45, 2.75) is 31.9 Å². The van der Waals surface area contributed by atoms with Crippen molar-refractivity contribution < 1.29 is 23.9 Å². The summed E-state index contributed by atoms with van der Waals surface area (Å²) in [6.45, 7) is 3.11. The average Bonchev–Trinajstić information content (AvgIpc) is 3.39. The fraction of sp³-hybridized carbons (Fsp3) is 0.450. The number of rotatable bonds is 6. The van der Waals surface area contributed by atoms with Crippen LogP contribution in [0.25, 0.3) is 0 Å².